The van der Waals surface area contributed by atoms with E-state index in [0.717, 1.165) is 64.5 Å². The lowest BCUT2D eigenvalue weighted by Crippen LogP contribution is -2.41. The Labute approximate surface area is 174 Å². The van der Waals surface area contributed by atoms with E-state index in [-0.39, 0.29) is 5.91 Å². The van der Waals surface area contributed by atoms with Crippen molar-refractivity contribution in [1.29, 1.82) is 0 Å². The van der Waals surface area contributed by atoms with Crippen LogP contribution >= 0.6 is 0 Å². The van der Waals surface area contributed by atoms with E-state index in [1.165, 1.54) is 12.1 Å². The molecule has 1 atom stereocenters. The molecule has 4 rings (SSSR count). The topological polar surface area (TPSA) is 44.6 Å². The predicted octanol–water partition coefficient (Wildman–Crippen LogP) is 2.65. The van der Waals surface area contributed by atoms with Gasteiger partial charge in [0.25, 0.3) is 0 Å². The van der Waals surface area contributed by atoms with Crippen LogP contribution in [-0.2, 0) is 17.8 Å². The molecule has 0 bridgehead atoms. The Hall–Kier alpha value is -2.34. The molecule has 1 unspecified atom stereocenters. The Morgan fingerprint density at radius 2 is 1.97 bits per heavy atom. The van der Waals surface area contributed by atoms with Gasteiger partial charge in [0.15, 0.2) is 0 Å². The van der Waals surface area contributed by atoms with Crippen LogP contribution in [-0.4, -0.2) is 70.6 Å². The van der Waals surface area contributed by atoms with Gasteiger partial charge in [0.1, 0.15) is 5.82 Å². The summed E-state index contributed by atoms with van der Waals surface area (Å²) in [6, 6.07) is 11.3. The number of hydrogen-bond acceptors (Lipinski definition) is 4. The van der Waals surface area contributed by atoms with Crippen molar-refractivity contribution in [2.24, 2.45) is 0 Å². The first-order chi connectivity index (χ1) is 14.2. The van der Waals surface area contributed by atoms with Crippen LogP contribution in [0.15, 0.2) is 42.7 Å². The van der Waals surface area contributed by atoms with Gasteiger partial charge in [0, 0.05) is 82.8 Å². The molecule has 0 radical (unpaired) electrons. The number of carbonyl (C=O) groups is 1. The number of aromatic nitrogens is 2. The fourth-order valence-electron chi connectivity index (χ4n) is 4.70. The van der Waals surface area contributed by atoms with E-state index >= 15 is 0 Å². The maximum atomic E-state index is 12.8. The van der Waals surface area contributed by atoms with Gasteiger partial charge in [-0.05, 0) is 25.0 Å². The van der Waals surface area contributed by atoms with Gasteiger partial charge in [0.2, 0.25) is 5.91 Å². The standard InChI is InChI=1S/C23H33N5O/c1-2-22-24-11-16-26(22)15-10-23(29)27-13-6-12-25(17-18-27)21-9-14-28(19-21)20-7-4-3-5-8-20/h3-5,7-8,11,16,21H,2,6,9-10,12-15,17-19H2,1H3. The quantitative estimate of drug-likeness (QED) is 0.754. The number of amides is 1. The minimum absolute atomic E-state index is 0.278. The Kier molecular flexibility index (Phi) is 6.49. The molecule has 1 aromatic heterocycles. The third-order valence-corrected chi connectivity index (χ3v) is 6.37. The van der Waals surface area contributed by atoms with E-state index in [4.69, 9.17) is 0 Å². The molecule has 6 heteroatoms. The highest BCUT2D eigenvalue weighted by molar-refractivity contribution is 5.76. The number of para-hydroxylation sites is 1. The molecule has 2 aliphatic rings. The summed E-state index contributed by atoms with van der Waals surface area (Å²) in [6.07, 6.45) is 7.56. The maximum Gasteiger partial charge on any atom is 0.224 e. The lowest BCUT2D eigenvalue weighted by atomic mass is 10.2. The van der Waals surface area contributed by atoms with E-state index in [0.29, 0.717) is 12.5 Å². The van der Waals surface area contributed by atoms with Crippen molar-refractivity contribution in [3.8, 4) is 0 Å². The van der Waals surface area contributed by atoms with Crippen LogP contribution in [0.25, 0.3) is 0 Å². The molecule has 3 heterocycles. The Morgan fingerprint density at radius 1 is 1.10 bits per heavy atom. The van der Waals surface area contributed by atoms with E-state index in [2.05, 4.69) is 61.5 Å². The molecule has 6 nitrogen and oxygen atoms in total. The van der Waals surface area contributed by atoms with Crippen LogP contribution in [0.1, 0.15) is 32.0 Å². The number of hydrogen-bond donors (Lipinski definition) is 0. The maximum absolute atomic E-state index is 12.8. The molecule has 0 spiro atoms. The van der Waals surface area contributed by atoms with Crippen LogP contribution < -0.4 is 4.90 Å². The number of anilines is 1. The molecule has 1 amide bonds. The van der Waals surface area contributed by atoms with Crippen molar-refractivity contribution in [1.82, 2.24) is 19.4 Å². The van der Waals surface area contributed by atoms with Crippen LogP contribution in [0.3, 0.4) is 0 Å². The number of aryl methyl sites for hydroxylation is 2. The van der Waals surface area contributed by atoms with Crippen molar-refractivity contribution in [2.75, 3.05) is 44.2 Å². The van der Waals surface area contributed by atoms with E-state index < -0.39 is 0 Å². The fourth-order valence-corrected chi connectivity index (χ4v) is 4.70. The highest BCUT2D eigenvalue weighted by atomic mass is 16.2. The first-order valence-electron chi connectivity index (χ1n) is 11.1. The number of rotatable bonds is 6. The molecule has 2 fully saturated rings. The molecule has 2 saturated heterocycles. The summed E-state index contributed by atoms with van der Waals surface area (Å²) in [5.74, 6) is 1.34. The highest BCUT2D eigenvalue weighted by Gasteiger charge is 2.29. The minimum Gasteiger partial charge on any atom is -0.370 e. The third-order valence-electron chi connectivity index (χ3n) is 6.37. The Morgan fingerprint density at radius 3 is 2.79 bits per heavy atom. The molecule has 2 aliphatic heterocycles. The largest absolute Gasteiger partial charge is 0.370 e. The monoisotopic (exact) mass is 395 g/mol. The molecule has 156 valence electrons. The van der Waals surface area contributed by atoms with Crippen molar-refractivity contribution in [3.63, 3.8) is 0 Å². The van der Waals surface area contributed by atoms with Gasteiger partial charge in [-0.3, -0.25) is 9.69 Å². The summed E-state index contributed by atoms with van der Waals surface area (Å²) >= 11 is 0. The van der Waals surface area contributed by atoms with Crippen molar-refractivity contribution >= 4 is 11.6 Å². The molecular weight excluding hydrogens is 362 g/mol. The zero-order valence-corrected chi connectivity index (χ0v) is 17.5. The number of imidazole rings is 1. The summed E-state index contributed by atoms with van der Waals surface area (Å²) < 4.78 is 2.11. The Balaban J connectivity index is 1.26. The van der Waals surface area contributed by atoms with Crippen molar-refractivity contribution < 1.29 is 4.79 Å². The van der Waals surface area contributed by atoms with Crippen LogP contribution in [0, 0.1) is 0 Å². The number of benzene rings is 1. The van der Waals surface area contributed by atoms with Crippen LogP contribution in [0.4, 0.5) is 5.69 Å². The summed E-state index contributed by atoms with van der Waals surface area (Å²) in [4.78, 5) is 24.3. The van der Waals surface area contributed by atoms with E-state index in [1.54, 1.807) is 0 Å². The second-order valence-electron chi connectivity index (χ2n) is 8.13. The smallest absolute Gasteiger partial charge is 0.224 e. The molecule has 2 aromatic rings. The average Bonchev–Trinajstić information content (AvgIpc) is 3.37. The lowest BCUT2D eigenvalue weighted by molar-refractivity contribution is -0.131. The first kappa shape index (κ1) is 20.0. The zero-order chi connectivity index (χ0) is 20.1. The van der Waals surface area contributed by atoms with Gasteiger partial charge in [-0.25, -0.2) is 4.98 Å². The summed E-state index contributed by atoms with van der Waals surface area (Å²) in [5, 5.41) is 0. The fraction of sp³-hybridized carbons (Fsp3) is 0.565. The van der Waals surface area contributed by atoms with Crippen LogP contribution in [0.5, 0.6) is 0 Å². The number of carbonyl (C=O) groups excluding carboxylic acids is 1. The second kappa shape index (κ2) is 9.44. The lowest BCUT2D eigenvalue weighted by Gasteiger charge is -2.28. The highest BCUT2D eigenvalue weighted by Crippen LogP contribution is 2.23. The van der Waals surface area contributed by atoms with Gasteiger partial charge >= 0.3 is 0 Å². The minimum atomic E-state index is 0.278. The van der Waals surface area contributed by atoms with E-state index in [1.807, 2.05) is 12.4 Å². The molecule has 1 aromatic carbocycles. The van der Waals surface area contributed by atoms with Crippen molar-refractivity contribution in [3.05, 3.63) is 48.5 Å². The average molecular weight is 396 g/mol. The molecule has 0 aliphatic carbocycles. The third kappa shape index (κ3) is 4.81. The van der Waals surface area contributed by atoms with Gasteiger partial charge in [-0.1, -0.05) is 25.1 Å². The van der Waals surface area contributed by atoms with Gasteiger partial charge < -0.3 is 14.4 Å². The summed E-state index contributed by atoms with van der Waals surface area (Å²) in [5.41, 5.74) is 1.33. The number of nitrogens with zero attached hydrogens (tertiary/aromatic N) is 5. The molecule has 0 N–H and O–H groups in total. The summed E-state index contributed by atoms with van der Waals surface area (Å²) in [6.45, 7) is 8.88. The van der Waals surface area contributed by atoms with E-state index in [9.17, 15) is 4.79 Å². The summed E-state index contributed by atoms with van der Waals surface area (Å²) in [7, 11) is 0. The van der Waals surface area contributed by atoms with Gasteiger partial charge in [-0.15, -0.1) is 0 Å². The molecule has 29 heavy (non-hydrogen) atoms. The van der Waals surface area contributed by atoms with Gasteiger partial charge in [0.05, 0.1) is 0 Å². The second-order valence-corrected chi connectivity index (χ2v) is 8.13. The van der Waals surface area contributed by atoms with Crippen molar-refractivity contribution in [2.45, 2.75) is 45.2 Å². The zero-order valence-electron chi connectivity index (χ0n) is 17.5. The Bertz CT molecular complexity index is 790. The SMILES string of the molecule is CCc1nccn1CCC(=O)N1CCCN(C2CCN(c3ccccc3)C2)CC1. The van der Waals surface area contributed by atoms with Gasteiger partial charge in [-0.2, -0.15) is 0 Å². The first-order valence-corrected chi connectivity index (χ1v) is 11.1. The van der Waals surface area contributed by atoms with Crippen LogP contribution in [0.2, 0.25) is 0 Å². The molecular formula is C23H33N5O. The predicted molar refractivity (Wildman–Crippen MR) is 116 cm³/mol. The normalized spacial score (nSPS) is 20.8. The molecule has 0 saturated carbocycles.